The molecule has 4 amide bonds. The number of hydrogen-bond acceptors (Lipinski definition) is 9. The predicted molar refractivity (Wildman–Crippen MR) is 147 cm³/mol. The van der Waals surface area contributed by atoms with Crippen molar-refractivity contribution in [3.05, 3.63) is 93.5 Å². The molecule has 0 aliphatic carbocycles. The number of ether oxygens (including phenoxy) is 1. The first kappa shape index (κ1) is 26.1. The molecule has 1 saturated heterocycles. The number of hydrogen-bond donors (Lipinski definition) is 1. The molecule has 1 aliphatic heterocycles. The Bertz CT molecular complexity index is 1650. The third-order valence-electron chi connectivity index (χ3n) is 5.71. The van der Waals surface area contributed by atoms with Crippen molar-refractivity contribution in [1.82, 2.24) is 15.2 Å². The number of nitro benzene ring substituents is 1. The first-order valence-corrected chi connectivity index (χ1v) is 13.4. The van der Waals surface area contributed by atoms with E-state index >= 15 is 0 Å². The molecule has 10 nitrogen and oxygen atoms in total. The number of rotatable bonds is 8. The molecule has 39 heavy (non-hydrogen) atoms. The maximum Gasteiger partial charge on any atom is 0.331 e. The van der Waals surface area contributed by atoms with Gasteiger partial charge in [-0.25, -0.2) is 9.78 Å². The number of nitrogens with one attached hydrogen (secondary N) is 1. The van der Waals surface area contributed by atoms with E-state index in [9.17, 15) is 24.5 Å². The molecule has 2 heterocycles. The number of carbonyl (C=O) groups excluding carboxylic acids is 3. The summed E-state index contributed by atoms with van der Waals surface area (Å²) < 4.78 is 7.04. The number of amides is 4. The van der Waals surface area contributed by atoms with Gasteiger partial charge in [-0.1, -0.05) is 48.2 Å². The fourth-order valence-corrected chi connectivity index (χ4v) is 6.04. The molecule has 4 aromatic rings. The molecule has 0 saturated carbocycles. The van der Waals surface area contributed by atoms with Crippen LogP contribution in [0.2, 0.25) is 0 Å². The standard InChI is InChI=1S/C27H20N4O6S2/c1-2-37-18-9-10-20-23(14-18)39-27(28-20)38-22-11-8-17(13-21(22)31(35)36)12-19-24(32)29-26(34)30(25(19)33)15-16-6-4-3-5-7-16/h3-14H,2,15H2,1H3,(H,29,32,34)/b19-12-. The predicted octanol–water partition coefficient (Wildman–Crippen LogP) is 5.42. The largest absolute Gasteiger partial charge is 0.494 e. The van der Waals surface area contributed by atoms with E-state index in [1.54, 1.807) is 42.5 Å². The van der Waals surface area contributed by atoms with E-state index in [4.69, 9.17) is 4.74 Å². The Balaban J connectivity index is 1.42. The van der Waals surface area contributed by atoms with E-state index in [2.05, 4.69) is 10.3 Å². The van der Waals surface area contributed by atoms with Crippen LogP contribution < -0.4 is 10.1 Å². The number of thiazole rings is 1. The zero-order valence-corrected chi connectivity index (χ0v) is 22.1. The molecular formula is C27H20N4O6S2. The number of urea groups is 1. The Morgan fingerprint density at radius 3 is 2.64 bits per heavy atom. The van der Waals surface area contributed by atoms with E-state index in [0.717, 1.165) is 32.6 Å². The van der Waals surface area contributed by atoms with Crippen LogP contribution in [0.5, 0.6) is 5.75 Å². The first-order valence-electron chi connectivity index (χ1n) is 11.7. The molecule has 0 bridgehead atoms. The van der Waals surface area contributed by atoms with Crippen molar-refractivity contribution in [3.63, 3.8) is 0 Å². The maximum absolute atomic E-state index is 13.1. The number of nitro groups is 1. The van der Waals surface area contributed by atoms with Crippen molar-refractivity contribution in [3.8, 4) is 5.75 Å². The summed E-state index contributed by atoms with van der Waals surface area (Å²) in [6.45, 7) is 2.41. The van der Waals surface area contributed by atoms with Gasteiger partial charge in [0, 0.05) is 6.07 Å². The van der Waals surface area contributed by atoms with Crippen molar-refractivity contribution in [2.75, 3.05) is 6.61 Å². The third-order valence-corrected chi connectivity index (χ3v) is 7.85. The number of fused-ring (bicyclic) bond motifs is 1. The Morgan fingerprint density at radius 2 is 1.90 bits per heavy atom. The maximum atomic E-state index is 13.1. The quantitative estimate of drug-likeness (QED) is 0.131. The first-order chi connectivity index (χ1) is 18.8. The van der Waals surface area contributed by atoms with Gasteiger partial charge in [0.25, 0.3) is 17.5 Å². The molecule has 0 unspecified atom stereocenters. The van der Waals surface area contributed by atoms with Crippen molar-refractivity contribution >= 4 is 62.9 Å². The monoisotopic (exact) mass is 560 g/mol. The molecule has 1 aromatic heterocycles. The number of aromatic nitrogens is 1. The lowest BCUT2D eigenvalue weighted by molar-refractivity contribution is -0.387. The van der Waals surface area contributed by atoms with Gasteiger partial charge in [0.05, 0.1) is 33.2 Å². The molecule has 1 aliphatic rings. The average Bonchev–Trinajstić information content (AvgIpc) is 3.32. The molecular weight excluding hydrogens is 540 g/mol. The fraction of sp³-hybridized carbons (Fsp3) is 0.111. The highest BCUT2D eigenvalue weighted by atomic mass is 32.2. The Hall–Kier alpha value is -4.55. The minimum Gasteiger partial charge on any atom is -0.494 e. The number of barbiturate groups is 1. The minimum absolute atomic E-state index is 0.0277. The van der Waals surface area contributed by atoms with Crippen molar-refractivity contribution in [1.29, 1.82) is 0 Å². The normalized spacial score (nSPS) is 14.6. The summed E-state index contributed by atoms with van der Waals surface area (Å²) in [5.41, 5.74) is 1.23. The van der Waals surface area contributed by atoms with Crippen LogP contribution >= 0.6 is 23.1 Å². The van der Waals surface area contributed by atoms with Crippen LogP contribution in [0.1, 0.15) is 18.1 Å². The van der Waals surface area contributed by atoms with Gasteiger partial charge in [-0.3, -0.25) is 29.9 Å². The van der Waals surface area contributed by atoms with Crippen LogP contribution in [0.15, 0.2) is 81.5 Å². The topological polar surface area (TPSA) is 132 Å². The molecule has 12 heteroatoms. The molecule has 5 rings (SSSR count). The number of benzene rings is 3. The van der Waals surface area contributed by atoms with Gasteiger partial charge in [-0.05, 0) is 48.4 Å². The SMILES string of the molecule is CCOc1ccc2nc(Sc3ccc(/C=C4/C(=O)NC(=O)N(Cc5ccccc5)C4=O)cc3[N+](=O)[O-])sc2c1. The number of imide groups is 2. The highest BCUT2D eigenvalue weighted by Crippen LogP contribution is 2.40. The van der Waals surface area contributed by atoms with Crippen LogP contribution in [0.4, 0.5) is 10.5 Å². The van der Waals surface area contributed by atoms with Crippen molar-refractivity contribution in [2.45, 2.75) is 22.7 Å². The van der Waals surface area contributed by atoms with Crippen molar-refractivity contribution in [2.24, 2.45) is 0 Å². The minimum atomic E-state index is -0.865. The summed E-state index contributed by atoms with van der Waals surface area (Å²) in [7, 11) is 0. The summed E-state index contributed by atoms with van der Waals surface area (Å²) in [4.78, 5) is 55.1. The molecule has 3 aromatic carbocycles. The van der Waals surface area contributed by atoms with E-state index in [-0.39, 0.29) is 23.4 Å². The number of nitrogens with zero attached hydrogens (tertiary/aromatic N) is 3. The molecule has 0 radical (unpaired) electrons. The van der Waals surface area contributed by atoms with Gasteiger partial charge in [-0.2, -0.15) is 0 Å². The summed E-state index contributed by atoms with van der Waals surface area (Å²) in [6.07, 6.45) is 1.25. The summed E-state index contributed by atoms with van der Waals surface area (Å²) in [5.74, 6) is -0.926. The van der Waals surface area contributed by atoms with Gasteiger partial charge in [-0.15, -0.1) is 11.3 Å². The highest BCUT2D eigenvalue weighted by Gasteiger charge is 2.35. The van der Waals surface area contributed by atoms with Crippen LogP contribution in [0.3, 0.4) is 0 Å². The van der Waals surface area contributed by atoms with E-state index in [1.165, 1.54) is 23.5 Å². The Morgan fingerprint density at radius 1 is 1.10 bits per heavy atom. The second-order valence-electron chi connectivity index (χ2n) is 8.32. The van der Waals surface area contributed by atoms with E-state index in [0.29, 0.717) is 21.4 Å². The Kier molecular flexibility index (Phi) is 7.39. The summed E-state index contributed by atoms with van der Waals surface area (Å²) in [6, 6.07) is 18.0. The summed E-state index contributed by atoms with van der Waals surface area (Å²) in [5, 5.41) is 14.1. The van der Waals surface area contributed by atoms with E-state index < -0.39 is 22.8 Å². The smallest absolute Gasteiger partial charge is 0.331 e. The van der Waals surface area contributed by atoms with Crippen molar-refractivity contribution < 1.29 is 24.0 Å². The van der Waals surface area contributed by atoms with Crippen LogP contribution in [-0.4, -0.2) is 39.3 Å². The molecule has 0 atom stereocenters. The zero-order valence-electron chi connectivity index (χ0n) is 20.5. The fourth-order valence-electron chi connectivity index (χ4n) is 3.90. The lowest BCUT2D eigenvalue weighted by Crippen LogP contribution is -2.53. The lowest BCUT2D eigenvalue weighted by Gasteiger charge is -2.26. The van der Waals surface area contributed by atoms with Crippen LogP contribution in [0, 0.1) is 10.1 Å². The Labute approximate surface area is 230 Å². The molecule has 196 valence electrons. The summed E-state index contributed by atoms with van der Waals surface area (Å²) >= 11 is 2.54. The second-order valence-corrected chi connectivity index (χ2v) is 10.6. The zero-order chi connectivity index (χ0) is 27.5. The van der Waals surface area contributed by atoms with Gasteiger partial charge in [0.1, 0.15) is 11.3 Å². The molecule has 0 spiro atoms. The third kappa shape index (κ3) is 5.66. The van der Waals surface area contributed by atoms with Gasteiger partial charge in [0.15, 0.2) is 4.34 Å². The van der Waals surface area contributed by atoms with Crippen LogP contribution in [0.25, 0.3) is 16.3 Å². The van der Waals surface area contributed by atoms with E-state index in [1.807, 2.05) is 25.1 Å². The average molecular weight is 561 g/mol. The molecule has 1 fully saturated rings. The number of carbonyl (C=O) groups is 3. The van der Waals surface area contributed by atoms with Crippen LogP contribution in [-0.2, 0) is 16.1 Å². The highest BCUT2D eigenvalue weighted by molar-refractivity contribution is 8.01. The van der Waals surface area contributed by atoms with Gasteiger partial charge >= 0.3 is 6.03 Å². The second kappa shape index (κ2) is 11.1. The molecule has 1 N–H and O–H groups in total. The lowest BCUT2D eigenvalue weighted by atomic mass is 10.1. The van der Waals surface area contributed by atoms with Gasteiger partial charge < -0.3 is 4.74 Å². The van der Waals surface area contributed by atoms with Gasteiger partial charge in [0.2, 0.25) is 0 Å².